The summed E-state index contributed by atoms with van der Waals surface area (Å²) in [5, 5.41) is 8.60. The van der Waals surface area contributed by atoms with E-state index in [9.17, 15) is 0 Å². The van der Waals surface area contributed by atoms with Crippen molar-refractivity contribution in [3.8, 4) is 0 Å². The Bertz CT molecular complexity index is 130. The first-order valence-electron chi connectivity index (χ1n) is 5.84. The molecule has 1 heterocycles. The van der Waals surface area contributed by atoms with Gasteiger partial charge < -0.3 is 9.84 Å². The van der Waals surface area contributed by atoms with Gasteiger partial charge in [-0.15, -0.1) is 12.4 Å². The number of hydrogen-bond acceptors (Lipinski definition) is 3. The van der Waals surface area contributed by atoms with Gasteiger partial charge in [0.15, 0.2) is 0 Å². The highest BCUT2D eigenvalue weighted by Crippen LogP contribution is 2.05. The van der Waals surface area contributed by atoms with E-state index in [1.807, 2.05) is 0 Å². The summed E-state index contributed by atoms with van der Waals surface area (Å²) in [5.74, 6) is 0. The summed E-state index contributed by atoms with van der Waals surface area (Å²) >= 11 is 0. The van der Waals surface area contributed by atoms with Crippen LogP contribution in [0.15, 0.2) is 0 Å². The summed E-state index contributed by atoms with van der Waals surface area (Å²) in [4.78, 5) is 2.48. The molecule has 4 heteroatoms. The standard InChI is InChI=1S/C11H23NO2.ClH/c13-9-5-3-1-2-4-6-12-7-10-14-11-8-12;/h13H,1-11H2;1H. The van der Waals surface area contributed by atoms with Crippen LogP contribution in [-0.2, 0) is 4.74 Å². The molecule has 92 valence electrons. The van der Waals surface area contributed by atoms with Crippen molar-refractivity contribution in [2.75, 3.05) is 39.5 Å². The van der Waals surface area contributed by atoms with Gasteiger partial charge in [-0.1, -0.05) is 19.3 Å². The number of unbranched alkanes of at least 4 members (excludes halogenated alkanes) is 4. The molecular weight excluding hydrogens is 214 g/mol. The second kappa shape index (κ2) is 10.7. The Labute approximate surface area is 99.2 Å². The van der Waals surface area contributed by atoms with Crippen LogP contribution in [0.4, 0.5) is 0 Å². The Morgan fingerprint density at radius 3 is 2.20 bits per heavy atom. The van der Waals surface area contributed by atoms with Crippen molar-refractivity contribution >= 4 is 12.4 Å². The highest BCUT2D eigenvalue weighted by atomic mass is 35.5. The molecular formula is C11H24ClNO2. The SMILES string of the molecule is Cl.OCCCCCCCN1CCOCC1. The molecule has 3 nitrogen and oxygen atoms in total. The Morgan fingerprint density at radius 1 is 0.933 bits per heavy atom. The molecule has 0 saturated carbocycles. The number of ether oxygens (including phenoxy) is 1. The number of nitrogens with zero attached hydrogens (tertiary/aromatic N) is 1. The lowest BCUT2D eigenvalue weighted by Crippen LogP contribution is -2.36. The molecule has 0 atom stereocenters. The van der Waals surface area contributed by atoms with Crippen molar-refractivity contribution in [1.29, 1.82) is 0 Å². The smallest absolute Gasteiger partial charge is 0.0594 e. The number of morpholine rings is 1. The molecule has 15 heavy (non-hydrogen) atoms. The van der Waals surface area contributed by atoms with Gasteiger partial charge in [-0.3, -0.25) is 4.90 Å². The first kappa shape index (κ1) is 15.2. The first-order valence-corrected chi connectivity index (χ1v) is 5.84. The molecule has 0 aromatic heterocycles. The summed E-state index contributed by atoms with van der Waals surface area (Å²) in [6.07, 6.45) is 6.02. The van der Waals surface area contributed by atoms with E-state index < -0.39 is 0 Å². The zero-order valence-electron chi connectivity index (χ0n) is 9.49. The van der Waals surface area contributed by atoms with Crippen LogP contribution >= 0.6 is 12.4 Å². The zero-order chi connectivity index (χ0) is 10.1. The lowest BCUT2D eigenvalue weighted by molar-refractivity contribution is 0.0371. The second-order valence-corrected chi connectivity index (χ2v) is 3.95. The predicted octanol–water partition coefficient (Wildman–Crippen LogP) is 1.68. The first-order chi connectivity index (χ1) is 6.93. The fourth-order valence-electron chi connectivity index (χ4n) is 1.80. The maximum Gasteiger partial charge on any atom is 0.0594 e. The summed E-state index contributed by atoms with van der Waals surface area (Å²) in [5.41, 5.74) is 0. The molecule has 0 radical (unpaired) electrons. The van der Waals surface area contributed by atoms with E-state index in [4.69, 9.17) is 9.84 Å². The van der Waals surface area contributed by atoms with E-state index in [1.165, 1.54) is 32.2 Å². The minimum Gasteiger partial charge on any atom is -0.396 e. The van der Waals surface area contributed by atoms with Crippen LogP contribution < -0.4 is 0 Å². The van der Waals surface area contributed by atoms with E-state index in [1.54, 1.807) is 0 Å². The third-order valence-electron chi connectivity index (χ3n) is 2.74. The monoisotopic (exact) mass is 237 g/mol. The van der Waals surface area contributed by atoms with Crippen LogP contribution in [0.25, 0.3) is 0 Å². The molecule has 0 spiro atoms. The molecule has 1 aliphatic heterocycles. The van der Waals surface area contributed by atoms with Crippen molar-refractivity contribution < 1.29 is 9.84 Å². The fraction of sp³-hybridized carbons (Fsp3) is 1.00. The maximum atomic E-state index is 8.60. The van der Waals surface area contributed by atoms with Gasteiger partial charge in [-0.05, 0) is 19.4 Å². The Morgan fingerprint density at radius 2 is 1.53 bits per heavy atom. The van der Waals surface area contributed by atoms with Gasteiger partial charge in [0, 0.05) is 19.7 Å². The van der Waals surface area contributed by atoms with Gasteiger partial charge >= 0.3 is 0 Å². The second-order valence-electron chi connectivity index (χ2n) is 3.95. The summed E-state index contributed by atoms with van der Waals surface area (Å²) in [6.45, 7) is 5.61. The number of aliphatic hydroxyl groups is 1. The fourth-order valence-corrected chi connectivity index (χ4v) is 1.80. The highest BCUT2D eigenvalue weighted by Gasteiger charge is 2.08. The van der Waals surface area contributed by atoms with E-state index in [2.05, 4.69) is 4.90 Å². The Balaban J connectivity index is 0.00000196. The van der Waals surface area contributed by atoms with Crippen molar-refractivity contribution in [3.63, 3.8) is 0 Å². The van der Waals surface area contributed by atoms with Crippen LogP contribution in [0.1, 0.15) is 32.1 Å². The molecule has 1 aliphatic rings. The molecule has 0 aromatic rings. The predicted molar refractivity (Wildman–Crippen MR) is 64.7 cm³/mol. The molecule has 0 amide bonds. The average molecular weight is 238 g/mol. The van der Waals surface area contributed by atoms with Crippen molar-refractivity contribution in [1.82, 2.24) is 4.90 Å². The van der Waals surface area contributed by atoms with Gasteiger partial charge in [-0.25, -0.2) is 0 Å². The zero-order valence-corrected chi connectivity index (χ0v) is 10.3. The van der Waals surface area contributed by atoms with E-state index in [0.29, 0.717) is 6.61 Å². The van der Waals surface area contributed by atoms with Crippen LogP contribution in [0.2, 0.25) is 0 Å². The van der Waals surface area contributed by atoms with Crippen LogP contribution in [0.5, 0.6) is 0 Å². The largest absolute Gasteiger partial charge is 0.396 e. The van der Waals surface area contributed by atoms with Crippen molar-refractivity contribution in [2.45, 2.75) is 32.1 Å². The third kappa shape index (κ3) is 8.03. The maximum absolute atomic E-state index is 8.60. The lowest BCUT2D eigenvalue weighted by atomic mass is 10.1. The Kier molecular flexibility index (Phi) is 10.8. The van der Waals surface area contributed by atoms with Crippen molar-refractivity contribution in [3.05, 3.63) is 0 Å². The van der Waals surface area contributed by atoms with Gasteiger partial charge in [-0.2, -0.15) is 0 Å². The minimum absolute atomic E-state index is 0. The summed E-state index contributed by atoms with van der Waals surface area (Å²) < 4.78 is 5.29. The van der Waals surface area contributed by atoms with Gasteiger partial charge in [0.25, 0.3) is 0 Å². The van der Waals surface area contributed by atoms with Gasteiger partial charge in [0.2, 0.25) is 0 Å². The van der Waals surface area contributed by atoms with Crippen LogP contribution in [-0.4, -0.2) is 49.5 Å². The Hall–Kier alpha value is 0.170. The number of rotatable bonds is 7. The minimum atomic E-state index is 0. The van der Waals surface area contributed by atoms with Crippen LogP contribution in [0, 0.1) is 0 Å². The molecule has 1 rings (SSSR count). The number of hydrogen-bond donors (Lipinski definition) is 1. The normalized spacial score (nSPS) is 17.4. The molecule has 1 saturated heterocycles. The number of halogens is 1. The van der Waals surface area contributed by atoms with Gasteiger partial charge in [0.1, 0.15) is 0 Å². The van der Waals surface area contributed by atoms with Gasteiger partial charge in [0.05, 0.1) is 13.2 Å². The lowest BCUT2D eigenvalue weighted by Gasteiger charge is -2.26. The van der Waals surface area contributed by atoms with E-state index in [0.717, 1.165) is 32.7 Å². The molecule has 0 aliphatic carbocycles. The molecule has 0 bridgehead atoms. The number of aliphatic hydroxyl groups excluding tert-OH is 1. The average Bonchev–Trinajstić information content (AvgIpc) is 2.25. The third-order valence-corrected chi connectivity index (χ3v) is 2.74. The molecule has 1 fully saturated rings. The highest BCUT2D eigenvalue weighted by molar-refractivity contribution is 5.85. The summed E-state index contributed by atoms with van der Waals surface area (Å²) in [6, 6.07) is 0. The van der Waals surface area contributed by atoms with Crippen molar-refractivity contribution in [2.24, 2.45) is 0 Å². The molecule has 0 aromatic carbocycles. The van der Waals surface area contributed by atoms with E-state index >= 15 is 0 Å². The quantitative estimate of drug-likeness (QED) is 0.684. The molecule has 0 unspecified atom stereocenters. The van der Waals surface area contributed by atoms with E-state index in [-0.39, 0.29) is 12.4 Å². The van der Waals surface area contributed by atoms with Crippen LogP contribution in [0.3, 0.4) is 0 Å². The summed E-state index contributed by atoms with van der Waals surface area (Å²) in [7, 11) is 0. The topological polar surface area (TPSA) is 32.7 Å². The molecule has 1 N–H and O–H groups in total.